The van der Waals surface area contributed by atoms with Crippen LogP contribution in [0.1, 0.15) is 5.56 Å². The first kappa shape index (κ1) is 10.2. The molecular formula is C14H10O2P+. The minimum absolute atomic E-state index is 0.683. The molecule has 0 aliphatic rings. The molecule has 3 aromatic rings. The van der Waals surface area contributed by atoms with E-state index >= 15 is 0 Å². The highest BCUT2D eigenvalue weighted by Crippen LogP contribution is 2.37. The Morgan fingerprint density at radius 1 is 1.06 bits per heavy atom. The van der Waals surface area contributed by atoms with Gasteiger partial charge in [0.05, 0.1) is 0 Å². The minimum atomic E-state index is -1.84. The average Bonchev–Trinajstić information content (AvgIpc) is 2.38. The highest BCUT2D eigenvalue weighted by atomic mass is 31.1. The van der Waals surface area contributed by atoms with E-state index in [1.54, 1.807) is 6.08 Å². The van der Waals surface area contributed by atoms with E-state index in [2.05, 4.69) is 6.58 Å². The Balaban J connectivity index is 2.68. The van der Waals surface area contributed by atoms with Crippen molar-refractivity contribution < 1.29 is 8.76 Å². The predicted octanol–water partition coefficient (Wildman–Crippen LogP) is 4.97. The maximum Gasteiger partial charge on any atom is 0.598 e. The van der Waals surface area contributed by atoms with Gasteiger partial charge in [0.25, 0.3) is 0 Å². The first-order valence-electron chi connectivity index (χ1n) is 5.31. The SMILES string of the molecule is C=Cc1cccc2c3ccccc3o[p+](=O)c12. The molecular weight excluding hydrogens is 231 g/mol. The van der Waals surface area contributed by atoms with Gasteiger partial charge in [0.2, 0.25) is 5.12 Å². The lowest BCUT2D eigenvalue weighted by Crippen LogP contribution is -1.78. The Morgan fingerprint density at radius 3 is 2.65 bits per heavy atom. The molecule has 0 saturated carbocycles. The number of para-hydroxylation sites is 1. The Morgan fingerprint density at radius 2 is 1.82 bits per heavy atom. The zero-order valence-electron chi connectivity index (χ0n) is 9.09. The number of hydrogen-bond donors (Lipinski definition) is 0. The first-order chi connectivity index (χ1) is 8.31. The van der Waals surface area contributed by atoms with Crippen molar-refractivity contribution in [1.29, 1.82) is 0 Å². The Kier molecular flexibility index (Phi) is 2.31. The third-order valence-corrected chi connectivity index (χ3v) is 4.05. The summed E-state index contributed by atoms with van der Waals surface area (Å²) in [4.78, 5) is 0. The van der Waals surface area contributed by atoms with Crippen molar-refractivity contribution in [3.05, 3.63) is 54.6 Å². The largest absolute Gasteiger partial charge is 0.598 e. The molecule has 0 radical (unpaired) electrons. The summed E-state index contributed by atoms with van der Waals surface area (Å²) < 4.78 is 17.6. The van der Waals surface area contributed by atoms with Crippen molar-refractivity contribution in [3.63, 3.8) is 0 Å². The molecule has 1 atom stereocenters. The lowest BCUT2D eigenvalue weighted by Gasteiger charge is -1.97. The van der Waals surface area contributed by atoms with Crippen LogP contribution < -0.4 is 0 Å². The lowest BCUT2D eigenvalue weighted by atomic mass is 10.1. The van der Waals surface area contributed by atoms with Gasteiger partial charge >= 0.3 is 7.65 Å². The number of hydrogen-bond acceptors (Lipinski definition) is 2. The van der Waals surface area contributed by atoms with E-state index in [4.69, 9.17) is 4.20 Å². The minimum Gasteiger partial charge on any atom is -0.250 e. The van der Waals surface area contributed by atoms with Crippen molar-refractivity contribution in [2.45, 2.75) is 0 Å². The molecule has 3 rings (SSSR count). The van der Waals surface area contributed by atoms with E-state index in [9.17, 15) is 4.57 Å². The van der Waals surface area contributed by atoms with Crippen LogP contribution in [-0.4, -0.2) is 0 Å². The summed E-state index contributed by atoms with van der Waals surface area (Å²) in [6, 6.07) is 13.5. The second-order valence-electron chi connectivity index (χ2n) is 3.79. The van der Waals surface area contributed by atoms with Gasteiger partial charge in [-0.2, -0.15) is 0 Å². The molecule has 0 amide bonds. The average molecular weight is 241 g/mol. The van der Waals surface area contributed by atoms with E-state index < -0.39 is 7.65 Å². The standard InChI is InChI=1S/C14H10O2P/c1-2-10-6-5-8-12-11-7-3-4-9-13(11)16-17(15)14(10)12/h2-9H,1H2/q+1. The third-order valence-electron chi connectivity index (χ3n) is 2.83. The van der Waals surface area contributed by atoms with Gasteiger partial charge in [-0.05, 0) is 16.7 Å². The van der Waals surface area contributed by atoms with Crippen LogP contribution in [0.15, 0.2) is 53.2 Å². The molecule has 2 nitrogen and oxygen atoms in total. The highest BCUT2D eigenvalue weighted by molar-refractivity contribution is 7.37. The highest BCUT2D eigenvalue weighted by Gasteiger charge is 2.18. The summed E-state index contributed by atoms with van der Waals surface area (Å²) in [5.74, 6) is 0. The summed E-state index contributed by atoms with van der Waals surface area (Å²) in [7, 11) is -1.84. The zero-order chi connectivity index (χ0) is 11.8. The summed E-state index contributed by atoms with van der Waals surface area (Å²) in [6.07, 6.45) is 1.71. The van der Waals surface area contributed by atoms with E-state index in [1.165, 1.54) is 0 Å². The van der Waals surface area contributed by atoms with Crippen LogP contribution in [0.2, 0.25) is 0 Å². The van der Waals surface area contributed by atoms with Crippen LogP contribution in [0, 0.1) is 0 Å². The van der Waals surface area contributed by atoms with Crippen molar-refractivity contribution in [2.24, 2.45) is 0 Å². The molecule has 82 valence electrons. The molecule has 0 N–H and O–H groups in total. The predicted molar refractivity (Wildman–Crippen MR) is 71.4 cm³/mol. The van der Waals surface area contributed by atoms with Gasteiger partial charge in [-0.15, -0.1) is 0 Å². The Labute approximate surface area is 99.0 Å². The lowest BCUT2D eigenvalue weighted by molar-refractivity contribution is 0.563. The molecule has 17 heavy (non-hydrogen) atoms. The number of fused-ring (bicyclic) bond motifs is 3. The molecule has 0 saturated heterocycles. The van der Waals surface area contributed by atoms with Crippen molar-refractivity contribution in [3.8, 4) is 0 Å². The van der Waals surface area contributed by atoms with Crippen LogP contribution in [0.3, 0.4) is 0 Å². The normalized spacial score (nSPS) is 11.9. The summed E-state index contributed by atoms with van der Waals surface area (Å²) in [5.41, 5.74) is 1.56. The van der Waals surface area contributed by atoms with Gasteiger partial charge in [0.15, 0.2) is 5.58 Å². The Bertz CT molecular complexity index is 787. The van der Waals surface area contributed by atoms with Crippen LogP contribution in [0.5, 0.6) is 0 Å². The van der Waals surface area contributed by atoms with E-state index in [1.807, 2.05) is 42.5 Å². The molecule has 1 heterocycles. The van der Waals surface area contributed by atoms with Crippen LogP contribution in [-0.2, 0) is 4.57 Å². The van der Waals surface area contributed by atoms with E-state index in [0.29, 0.717) is 5.58 Å². The zero-order valence-corrected chi connectivity index (χ0v) is 9.98. The maximum atomic E-state index is 12.1. The van der Waals surface area contributed by atoms with Gasteiger partial charge in [-0.1, -0.05) is 43.0 Å². The van der Waals surface area contributed by atoms with Gasteiger partial charge in [-0.25, -0.2) is 4.20 Å². The van der Waals surface area contributed by atoms with Crippen LogP contribution in [0.4, 0.5) is 0 Å². The first-order valence-corrected chi connectivity index (χ1v) is 6.49. The second-order valence-corrected chi connectivity index (χ2v) is 4.94. The van der Waals surface area contributed by atoms with E-state index in [-0.39, 0.29) is 0 Å². The smallest absolute Gasteiger partial charge is 0.250 e. The van der Waals surface area contributed by atoms with Crippen LogP contribution in [0.25, 0.3) is 27.5 Å². The fourth-order valence-corrected chi connectivity index (χ4v) is 3.25. The summed E-state index contributed by atoms with van der Waals surface area (Å²) in [6.45, 7) is 3.75. The van der Waals surface area contributed by atoms with Crippen molar-refractivity contribution >= 4 is 35.2 Å². The topological polar surface area (TPSA) is 30.2 Å². The third kappa shape index (κ3) is 1.49. The molecule has 0 fully saturated rings. The van der Waals surface area contributed by atoms with Crippen LogP contribution >= 0.6 is 7.65 Å². The fraction of sp³-hybridized carbons (Fsp3) is 0. The maximum absolute atomic E-state index is 12.1. The molecule has 1 unspecified atom stereocenters. The quantitative estimate of drug-likeness (QED) is 0.563. The van der Waals surface area contributed by atoms with Gasteiger partial charge < -0.3 is 0 Å². The monoisotopic (exact) mass is 241 g/mol. The molecule has 3 heteroatoms. The number of benzene rings is 2. The van der Waals surface area contributed by atoms with Gasteiger partial charge in [0.1, 0.15) is 0 Å². The second kappa shape index (κ2) is 3.83. The van der Waals surface area contributed by atoms with Gasteiger partial charge in [0, 0.05) is 16.3 Å². The van der Waals surface area contributed by atoms with Crippen molar-refractivity contribution in [1.82, 2.24) is 0 Å². The summed E-state index contributed by atoms with van der Waals surface area (Å²) >= 11 is 0. The molecule has 0 bridgehead atoms. The fourth-order valence-electron chi connectivity index (χ4n) is 2.05. The van der Waals surface area contributed by atoms with Gasteiger partial charge in [-0.3, -0.25) is 0 Å². The van der Waals surface area contributed by atoms with E-state index in [0.717, 1.165) is 21.5 Å². The molecule has 0 spiro atoms. The summed E-state index contributed by atoms with van der Waals surface area (Å²) in [5, 5.41) is 2.71. The molecule has 1 aromatic heterocycles. The molecule has 2 aromatic carbocycles. The molecule has 0 aliphatic carbocycles. The number of rotatable bonds is 1. The molecule has 0 aliphatic heterocycles. The van der Waals surface area contributed by atoms with Crippen molar-refractivity contribution in [2.75, 3.05) is 0 Å². The Hall–Kier alpha value is -1.92.